The van der Waals surface area contributed by atoms with Crippen LogP contribution in [-0.2, 0) is 4.79 Å². The molecule has 0 saturated carbocycles. The van der Waals surface area contributed by atoms with Gasteiger partial charge in [-0.05, 0) is 32.0 Å². The SMILES string of the molecule is COc1cc([C@@H]([NH3+])C(=O)[O-])ccc1OC(C)C. The van der Waals surface area contributed by atoms with Gasteiger partial charge in [-0.25, -0.2) is 0 Å². The van der Waals surface area contributed by atoms with E-state index in [-0.39, 0.29) is 6.10 Å². The fourth-order valence-electron chi connectivity index (χ4n) is 1.39. The molecule has 17 heavy (non-hydrogen) atoms. The van der Waals surface area contributed by atoms with Gasteiger partial charge in [0.05, 0.1) is 13.2 Å². The fraction of sp³-hybridized carbons (Fsp3) is 0.417. The maximum atomic E-state index is 10.7. The Morgan fingerprint density at radius 2 is 2.00 bits per heavy atom. The van der Waals surface area contributed by atoms with Crippen LogP contribution in [0.5, 0.6) is 11.5 Å². The van der Waals surface area contributed by atoms with Crippen molar-refractivity contribution < 1.29 is 25.1 Å². The van der Waals surface area contributed by atoms with E-state index in [1.54, 1.807) is 18.2 Å². The summed E-state index contributed by atoms with van der Waals surface area (Å²) in [5, 5.41) is 10.7. The lowest BCUT2D eigenvalue weighted by Gasteiger charge is -2.16. The average molecular weight is 239 g/mol. The van der Waals surface area contributed by atoms with Crippen molar-refractivity contribution in [3.63, 3.8) is 0 Å². The molecule has 0 amide bonds. The van der Waals surface area contributed by atoms with Crippen LogP contribution >= 0.6 is 0 Å². The summed E-state index contributed by atoms with van der Waals surface area (Å²) in [7, 11) is 1.50. The van der Waals surface area contributed by atoms with E-state index in [1.165, 1.54) is 7.11 Å². The summed E-state index contributed by atoms with van der Waals surface area (Å²) < 4.78 is 10.7. The van der Waals surface area contributed by atoms with E-state index >= 15 is 0 Å². The van der Waals surface area contributed by atoms with Gasteiger partial charge in [-0.15, -0.1) is 0 Å². The molecule has 94 valence electrons. The number of carbonyl (C=O) groups is 1. The Morgan fingerprint density at radius 1 is 1.35 bits per heavy atom. The molecule has 1 aromatic rings. The first-order valence-electron chi connectivity index (χ1n) is 5.34. The van der Waals surface area contributed by atoms with Crippen LogP contribution in [-0.4, -0.2) is 19.2 Å². The fourth-order valence-corrected chi connectivity index (χ4v) is 1.39. The third kappa shape index (κ3) is 3.35. The van der Waals surface area contributed by atoms with Crippen molar-refractivity contribution in [2.24, 2.45) is 0 Å². The molecule has 0 bridgehead atoms. The van der Waals surface area contributed by atoms with E-state index in [4.69, 9.17) is 9.47 Å². The summed E-state index contributed by atoms with van der Waals surface area (Å²) in [5.41, 5.74) is 4.04. The molecule has 0 spiro atoms. The molecule has 1 atom stereocenters. The largest absolute Gasteiger partial charge is 0.544 e. The number of ether oxygens (including phenoxy) is 2. The van der Waals surface area contributed by atoms with Crippen LogP contribution in [0.15, 0.2) is 18.2 Å². The standard InChI is InChI=1S/C12H17NO4/c1-7(2)17-9-5-4-8(6-10(9)16-3)11(13)12(14)15/h4-7,11H,13H2,1-3H3,(H,14,15)/t11-/m1/s1. The van der Waals surface area contributed by atoms with Crippen LogP contribution in [0.4, 0.5) is 0 Å². The molecular formula is C12H17NO4. The molecule has 0 fully saturated rings. The summed E-state index contributed by atoms with van der Waals surface area (Å²) in [6.07, 6.45) is 0.0199. The number of rotatable bonds is 5. The lowest BCUT2D eigenvalue weighted by Crippen LogP contribution is -2.61. The Bertz CT molecular complexity index is 403. The van der Waals surface area contributed by atoms with Crippen LogP contribution in [0.1, 0.15) is 25.5 Å². The number of carbonyl (C=O) groups excluding carboxylic acids is 1. The normalized spacial score (nSPS) is 12.3. The first-order valence-corrected chi connectivity index (χ1v) is 5.34. The van der Waals surface area contributed by atoms with Gasteiger partial charge in [0.2, 0.25) is 0 Å². The molecule has 5 heteroatoms. The minimum Gasteiger partial charge on any atom is -0.544 e. The van der Waals surface area contributed by atoms with Gasteiger partial charge in [0.25, 0.3) is 0 Å². The first kappa shape index (κ1) is 13.3. The zero-order valence-corrected chi connectivity index (χ0v) is 10.2. The molecule has 0 unspecified atom stereocenters. The number of methoxy groups -OCH3 is 1. The molecule has 1 aromatic carbocycles. The van der Waals surface area contributed by atoms with Crippen molar-refractivity contribution in [2.45, 2.75) is 26.0 Å². The first-order chi connectivity index (χ1) is 7.95. The maximum Gasteiger partial charge on any atom is 0.161 e. The van der Waals surface area contributed by atoms with Crippen LogP contribution in [0.3, 0.4) is 0 Å². The quantitative estimate of drug-likeness (QED) is 0.751. The number of aliphatic carboxylic acids is 1. The van der Waals surface area contributed by atoms with Crippen molar-refractivity contribution in [1.82, 2.24) is 0 Å². The van der Waals surface area contributed by atoms with Gasteiger partial charge in [0, 0.05) is 5.56 Å². The summed E-state index contributed by atoms with van der Waals surface area (Å²) >= 11 is 0. The van der Waals surface area contributed by atoms with Gasteiger partial charge >= 0.3 is 0 Å². The smallest absolute Gasteiger partial charge is 0.161 e. The van der Waals surface area contributed by atoms with Crippen molar-refractivity contribution in [3.05, 3.63) is 23.8 Å². The van der Waals surface area contributed by atoms with Gasteiger partial charge in [-0.1, -0.05) is 0 Å². The number of hydrogen-bond acceptors (Lipinski definition) is 4. The number of carboxylic acids is 1. The van der Waals surface area contributed by atoms with Crippen molar-refractivity contribution in [2.75, 3.05) is 7.11 Å². The van der Waals surface area contributed by atoms with Crippen LogP contribution in [0.25, 0.3) is 0 Å². The highest BCUT2D eigenvalue weighted by atomic mass is 16.5. The Morgan fingerprint density at radius 3 is 2.47 bits per heavy atom. The van der Waals surface area contributed by atoms with Crippen molar-refractivity contribution in [1.29, 1.82) is 0 Å². The summed E-state index contributed by atoms with van der Waals surface area (Å²) in [5.74, 6) is -0.146. The molecule has 1 rings (SSSR count). The second-order valence-electron chi connectivity index (χ2n) is 3.95. The zero-order valence-electron chi connectivity index (χ0n) is 10.2. The molecule has 0 aliphatic heterocycles. The Labute approximate surface area is 100 Å². The maximum absolute atomic E-state index is 10.7. The van der Waals surface area contributed by atoms with Crippen molar-refractivity contribution in [3.8, 4) is 11.5 Å². The predicted octanol–water partition coefficient (Wildman–Crippen LogP) is -0.485. The van der Waals surface area contributed by atoms with E-state index in [0.717, 1.165) is 0 Å². The van der Waals surface area contributed by atoms with Gasteiger partial charge in [-0.3, -0.25) is 0 Å². The number of quaternary nitrogens is 1. The monoisotopic (exact) mass is 239 g/mol. The highest BCUT2D eigenvalue weighted by Gasteiger charge is 2.14. The van der Waals surface area contributed by atoms with Gasteiger partial charge in [0.15, 0.2) is 17.5 Å². The molecule has 0 saturated heterocycles. The topological polar surface area (TPSA) is 86.2 Å². The summed E-state index contributed by atoms with van der Waals surface area (Å²) in [6, 6.07) is 4.01. The molecule has 0 aromatic heterocycles. The minimum atomic E-state index is -1.22. The minimum absolute atomic E-state index is 0.0199. The third-order valence-corrected chi connectivity index (χ3v) is 2.24. The van der Waals surface area contributed by atoms with Gasteiger partial charge < -0.3 is 25.1 Å². The third-order valence-electron chi connectivity index (χ3n) is 2.24. The molecule has 0 aliphatic carbocycles. The van der Waals surface area contributed by atoms with Crippen LogP contribution < -0.4 is 20.3 Å². The highest BCUT2D eigenvalue weighted by molar-refractivity contribution is 5.72. The number of benzene rings is 1. The van der Waals surface area contributed by atoms with Crippen LogP contribution in [0.2, 0.25) is 0 Å². The van der Waals surface area contributed by atoms with E-state index in [0.29, 0.717) is 17.1 Å². The van der Waals surface area contributed by atoms with Crippen molar-refractivity contribution >= 4 is 5.97 Å². The summed E-state index contributed by atoms with van der Waals surface area (Å²) in [4.78, 5) is 10.7. The average Bonchev–Trinajstić information content (AvgIpc) is 2.27. The molecule has 5 nitrogen and oxygen atoms in total. The second kappa shape index (κ2) is 5.54. The molecule has 0 aliphatic rings. The molecular weight excluding hydrogens is 222 g/mol. The molecule has 3 N–H and O–H groups in total. The van der Waals surface area contributed by atoms with E-state index in [2.05, 4.69) is 5.73 Å². The molecule has 0 radical (unpaired) electrons. The second-order valence-corrected chi connectivity index (χ2v) is 3.95. The zero-order chi connectivity index (χ0) is 13.0. The lowest BCUT2D eigenvalue weighted by atomic mass is 10.1. The Kier molecular flexibility index (Phi) is 4.34. The van der Waals surface area contributed by atoms with Gasteiger partial charge in [0.1, 0.15) is 5.97 Å². The van der Waals surface area contributed by atoms with E-state index < -0.39 is 12.0 Å². The lowest BCUT2D eigenvalue weighted by molar-refractivity contribution is -0.443. The van der Waals surface area contributed by atoms with Crippen LogP contribution in [0, 0.1) is 0 Å². The van der Waals surface area contributed by atoms with E-state index in [9.17, 15) is 9.90 Å². The highest BCUT2D eigenvalue weighted by Crippen LogP contribution is 2.30. The Hall–Kier alpha value is -1.75. The summed E-state index contributed by atoms with van der Waals surface area (Å²) in [6.45, 7) is 3.80. The Balaban J connectivity index is 3.03. The number of hydrogen-bond donors (Lipinski definition) is 1. The number of carboxylic acid groups (broad SMARTS) is 1. The van der Waals surface area contributed by atoms with Gasteiger partial charge in [-0.2, -0.15) is 0 Å². The predicted molar refractivity (Wildman–Crippen MR) is 59.4 cm³/mol. The van der Waals surface area contributed by atoms with E-state index in [1.807, 2.05) is 13.8 Å². The molecule has 0 heterocycles.